The van der Waals surface area contributed by atoms with Gasteiger partial charge in [0.1, 0.15) is 17.9 Å². The first-order valence-corrected chi connectivity index (χ1v) is 18.8. The first kappa shape index (κ1) is 40.0. The number of nitrogens with one attached hydrogen (secondary N) is 2. The van der Waals surface area contributed by atoms with Gasteiger partial charge in [-0.1, -0.05) is 92.8 Å². The third-order valence-electron chi connectivity index (χ3n) is 10.8. The Labute approximate surface area is 302 Å². The van der Waals surface area contributed by atoms with E-state index in [1.165, 1.54) is 4.90 Å². The summed E-state index contributed by atoms with van der Waals surface area (Å²) < 4.78 is 0. The zero-order valence-corrected chi connectivity index (χ0v) is 30.1. The molecular formula is C40H58N6O5. The lowest BCUT2D eigenvalue weighted by Gasteiger charge is -2.37. The van der Waals surface area contributed by atoms with E-state index in [0.29, 0.717) is 64.3 Å². The molecule has 2 aromatic rings. The SMILES string of the molecule is CN[C@@H](Cc1ccccc1)C(=O)N[C@@H](CCCCN)C(=O)N1CCC[C@H]1C(=O)C(Cc1ccccc1)[C@](N)(C=O)C(=O)[C@H](N)CC1CCCCC1. The van der Waals surface area contributed by atoms with Crippen LogP contribution in [0.25, 0.3) is 0 Å². The molecule has 2 amide bonds. The molecule has 0 bridgehead atoms. The third-order valence-corrected chi connectivity index (χ3v) is 10.8. The van der Waals surface area contributed by atoms with E-state index in [-0.39, 0.29) is 24.2 Å². The highest BCUT2D eigenvalue weighted by Crippen LogP contribution is 2.32. The zero-order chi connectivity index (χ0) is 36.8. The Morgan fingerprint density at radius 2 is 1.51 bits per heavy atom. The Morgan fingerprint density at radius 3 is 2.10 bits per heavy atom. The van der Waals surface area contributed by atoms with Crippen LogP contribution in [0.4, 0.5) is 0 Å². The molecule has 1 aliphatic heterocycles. The van der Waals surface area contributed by atoms with Crippen LogP contribution in [0.2, 0.25) is 0 Å². The Bertz CT molecular complexity index is 1440. The topological polar surface area (TPSA) is 191 Å². The first-order valence-electron chi connectivity index (χ1n) is 18.8. The summed E-state index contributed by atoms with van der Waals surface area (Å²) in [5, 5.41) is 6.03. The minimum atomic E-state index is -2.18. The molecule has 1 saturated carbocycles. The number of hydrogen-bond donors (Lipinski definition) is 5. The van der Waals surface area contributed by atoms with Crippen LogP contribution in [0, 0.1) is 11.8 Å². The van der Waals surface area contributed by atoms with Crippen LogP contribution >= 0.6 is 0 Å². The van der Waals surface area contributed by atoms with E-state index in [0.717, 1.165) is 43.2 Å². The highest BCUT2D eigenvalue weighted by Gasteiger charge is 2.51. The predicted octanol–water partition coefficient (Wildman–Crippen LogP) is 2.61. The molecule has 6 atom stereocenters. The fourth-order valence-corrected chi connectivity index (χ4v) is 7.83. The van der Waals surface area contributed by atoms with Gasteiger partial charge in [-0.15, -0.1) is 0 Å². The molecule has 1 heterocycles. The maximum absolute atomic E-state index is 14.7. The number of nitrogens with zero attached hydrogens (tertiary/aromatic N) is 1. The van der Waals surface area contributed by atoms with Gasteiger partial charge in [-0.25, -0.2) is 0 Å². The van der Waals surface area contributed by atoms with Crippen molar-refractivity contribution in [1.29, 1.82) is 0 Å². The van der Waals surface area contributed by atoms with Gasteiger partial charge in [0.15, 0.2) is 11.6 Å². The van der Waals surface area contributed by atoms with Crippen molar-refractivity contribution in [3.05, 3.63) is 71.8 Å². The number of likely N-dealkylation sites (tertiary alicyclic amines) is 1. The molecule has 1 aliphatic carbocycles. The second kappa shape index (κ2) is 19.7. The van der Waals surface area contributed by atoms with Gasteiger partial charge in [0.25, 0.3) is 0 Å². The van der Waals surface area contributed by atoms with Crippen molar-refractivity contribution in [1.82, 2.24) is 15.5 Å². The summed E-state index contributed by atoms with van der Waals surface area (Å²) >= 11 is 0. The van der Waals surface area contributed by atoms with Gasteiger partial charge in [0.2, 0.25) is 11.8 Å². The normalized spacial score (nSPS) is 20.1. The first-order chi connectivity index (χ1) is 24.6. The summed E-state index contributed by atoms with van der Waals surface area (Å²) in [6.07, 6.45) is 9.01. The number of carbonyl (C=O) groups is 5. The minimum Gasteiger partial charge on any atom is -0.343 e. The fraction of sp³-hybridized carbons (Fsp3) is 0.575. The maximum atomic E-state index is 14.7. The number of benzene rings is 2. The van der Waals surface area contributed by atoms with Crippen LogP contribution in [-0.4, -0.2) is 84.4 Å². The van der Waals surface area contributed by atoms with E-state index in [4.69, 9.17) is 17.2 Å². The molecule has 0 aromatic heterocycles. The third kappa shape index (κ3) is 10.6. The van der Waals surface area contributed by atoms with Crippen LogP contribution in [0.3, 0.4) is 0 Å². The monoisotopic (exact) mass is 702 g/mol. The van der Waals surface area contributed by atoms with Crippen molar-refractivity contribution in [2.45, 2.75) is 113 Å². The van der Waals surface area contributed by atoms with E-state index in [2.05, 4.69) is 10.6 Å². The van der Waals surface area contributed by atoms with E-state index in [1.807, 2.05) is 60.7 Å². The number of hydrogen-bond acceptors (Lipinski definition) is 9. The van der Waals surface area contributed by atoms with Gasteiger partial charge in [-0.05, 0) is 82.0 Å². The lowest BCUT2D eigenvalue weighted by atomic mass is 9.71. The zero-order valence-electron chi connectivity index (χ0n) is 30.1. The summed E-state index contributed by atoms with van der Waals surface area (Å²) in [6, 6.07) is 15.4. The summed E-state index contributed by atoms with van der Waals surface area (Å²) in [7, 11) is 1.70. The number of amides is 2. The standard InChI is InChI=1S/C40H58N6O5/c1-44-34(26-30-18-9-4-10-19-30)38(50)45-33(20-11-12-22-41)39(51)46-23-13-21-35(46)36(48)31(24-28-14-5-2-6-15-28)40(43,27-47)37(49)32(42)25-29-16-7-3-8-17-29/h2,4-6,9-10,14-15,18-19,27,29,31-35,44H,3,7-8,11-13,16-17,20-26,41-43H2,1H3,(H,45,50)/t31?,32-,33+,34+,35+,40-/m1/s1. The smallest absolute Gasteiger partial charge is 0.245 e. The van der Waals surface area contributed by atoms with Gasteiger partial charge < -0.3 is 37.5 Å². The average molecular weight is 703 g/mol. The van der Waals surface area contributed by atoms with E-state index >= 15 is 0 Å². The molecule has 11 nitrogen and oxygen atoms in total. The Hall–Kier alpha value is -3.77. The van der Waals surface area contributed by atoms with E-state index < -0.39 is 47.2 Å². The van der Waals surface area contributed by atoms with Gasteiger partial charge >= 0.3 is 0 Å². The van der Waals surface area contributed by atoms with Crippen molar-refractivity contribution in [2.75, 3.05) is 20.1 Å². The molecular weight excluding hydrogens is 644 g/mol. The van der Waals surface area contributed by atoms with Crippen LogP contribution in [-0.2, 0) is 36.8 Å². The number of nitrogens with two attached hydrogens (primary N) is 3. The Morgan fingerprint density at radius 1 is 0.882 bits per heavy atom. The summed E-state index contributed by atoms with van der Waals surface area (Å²) in [5.41, 5.74) is 18.5. The number of Topliss-reactive ketones (excluding diaryl/α,β-unsaturated/α-hetero) is 2. The Kier molecular flexibility index (Phi) is 15.5. The number of unbranched alkanes of at least 4 members (excludes halogenated alkanes) is 1. The number of rotatable bonds is 20. The molecule has 11 heteroatoms. The average Bonchev–Trinajstić information content (AvgIpc) is 3.66. The quantitative estimate of drug-likeness (QED) is 0.0785. The molecule has 8 N–H and O–H groups in total. The molecule has 2 aromatic carbocycles. The molecule has 1 saturated heterocycles. The molecule has 0 radical (unpaired) electrons. The Balaban J connectivity index is 1.59. The van der Waals surface area contributed by atoms with Crippen LogP contribution in [0.5, 0.6) is 0 Å². The van der Waals surface area contributed by atoms with Crippen LogP contribution < -0.4 is 27.8 Å². The van der Waals surface area contributed by atoms with Crippen molar-refractivity contribution in [2.24, 2.45) is 29.0 Å². The second-order valence-electron chi connectivity index (χ2n) is 14.5. The lowest BCUT2D eigenvalue weighted by molar-refractivity contribution is -0.145. The number of carbonyl (C=O) groups excluding carboxylic acids is 5. The van der Waals surface area contributed by atoms with E-state index in [1.54, 1.807) is 7.05 Å². The van der Waals surface area contributed by atoms with Gasteiger partial charge in [-0.2, -0.15) is 0 Å². The van der Waals surface area contributed by atoms with Gasteiger partial charge in [-0.3, -0.25) is 19.2 Å². The molecule has 2 fully saturated rings. The van der Waals surface area contributed by atoms with Crippen LogP contribution in [0.1, 0.15) is 81.8 Å². The molecule has 1 unspecified atom stereocenters. The van der Waals surface area contributed by atoms with Crippen molar-refractivity contribution >= 4 is 29.7 Å². The van der Waals surface area contributed by atoms with Gasteiger partial charge in [0.05, 0.1) is 24.0 Å². The van der Waals surface area contributed by atoms with Crippen molar-refractivity contribution in [3.63, 3.8) is 0 Å². The second-order valence-corrected chi connectivity index (χ2v) is 14.5. The fourth-order valence-electron chi connectivity index (χ4n) is 7.83. The summed E-state index contributed by atoms with van der Waals surface area (Å²) in [6.45, 7) is 0.735. The largest absolute Gasteiger partial charge is 0.343 e. The summed E-state index contributed by atoms with van der Waals surface area (Å²) in [5.74, 6) is -2.76. The molecule has 0 spiro atoms. The molecule has 278 valence electrons. The molecule has 2 aliphatic rings. The van der Waals surface area contributed by atoms with Crippen LogP contribution in [0.15, 0.2) is 60.7 Å². The highest BCUT2D eigenvalue weighted by atomic mass is 16.2. The van der Waals surface area contributed by atoms with Crippen molar-refractivity contribution < 1.29 is 24.0 Å². The number of aldehydes is 1. The highest BCUT2D eigenvalue weighted by molar-refractivity contribution is 6.11. The maximum Gasteiger partial charge on any atom is 0.245 e. The summed E-state index contributed by atoms with van der Waals surface area (Å²) in [4.78, 5) is 71.1. The molecule has 4 rings (SSSR count). The lowest BCUT2D eigenvalue weighted by Crippen LogP contribution is -2.65. The van der Waals surface area contributed by atoms with E-state index in [9.17, 15) is 24.0 Å². The number of likely N-dealkylation sites (N-methyl/N-ethyl adjacent to an activating group) is 1. The predicted molar refractivity (Wildman–Crippen MR) is 198 cm³/mol. The number of ketones is 2. The molecule has 51 heavy (non-hydrogen) atoms. The van der Waals surface area contributed by atoms with Crippen molar-refractivity contribution in [3.8, 4) is 0 Å². The van der Waals surface area contributed by atoms with Gasteiger partial charge in [0, 0.05) is 6.54 Å². The minimum absolute atomic E-state index is 0.0370.